The summed E-state index contributed by atoms with van der Waals surface area (Å²) in [6.07, 6.45) is 1.68. The van der Waals surface area contributed by atoms with E-state index in [4.69, 9.17) is 0 Å². The Labute approximate surface area is 112 Å². The Balaban J connectivity index is 1.85. The van der Waals surface area contributed by atoms with Crippen LogP contribution in [0.25, 0.3) is 0 Å². The van der Waals surface area contributed by atoms with E-state index in [0.29, 0.717) is 10.3 Å². The lowest BCUT2D eigenvalue weighted by Gasteiger charge is -2.00. The second-order valence-corrected chi connectivity index (χ2v) is 5.57. The van der Waals surface area contributed by atoms with Gasteiger partial charge in [0.25, 0.3) is 0 Å². The molecule has 0 fully saturated rings. The van der Waals surface area contributed by atoms with Crippen LogP contribution in [-0.4, -0.2) is 31.8 Å². The maximum Gasteiger partial charge on any atom is 0.236 e. The average Bonchev–Trinajstić information content (AvgIpc) is 2.72. The fraction of sp³-hybridized carbons (Fsp3) is 0.300. The molecule has 6 nitrogen and oxygen atoms in total. The van der Waals surface area contributed by atoms with E-state index >= 15 is 0 Å². The van der Waals surface area contributed by atoms with Crippen molar-refractivity contribution < 1.29 is 4.79 Å². The summed E-state index contributed by atoms with van der Waals surface area (Å²) in [6, 6.07) is 1.81. The van der Waals surface area contributed by atoms with E-state index in [1.54, 1.807) is 6.20 Å². The third kappa shape index (κ3) is 3.74. The predicted molar refractivity (Wildman–Crippen MR) is 70.8 cm³/mol. The van der Waals surface area contributed by atoms with E-state index in [1.807, 2.05) is 19.9 Å². The largest absolute Gasteiger partial charge is 0.300 e. The van der Waals surface area contributed by atoms with Crippen molar-refractivity contribution in [3.63, 3.8) is 0 Å². The lowest BCUT2D eigenvalue weighted by molar-refractivity contribution is -0.113. The van der Waals surface area contributed by atoms with Gasteiger partial charge < -0.3 is 0 Å². The average molecular weight is 281 g/mol. The number of carbonyl (C=O) groups excluding carboxylic acids is 1. The van der Waals surface area contributed by atoms with E-state index in [1.165, 1.54) is 23.1 Å². The van der Waals surface area contributed by atoms with Crippen molar-refractivity contribution in [2.45, 2.75) is 19.0 Å². The highest BCUT2D eigenvalue weighted by Gasteiger charge is 2.08. The zero-order chi connectivity index (χ0) is 13.0. The number of hydrogen-bond donors (Lipinski definition) is 1. The molecule has 0 radical (unpaired) electrons. The zero-order valence-corrected chi connectivity index (χ0v) is 11.5. The number of aromatic nitrogens is 4. The quantitative estimate of drug-likeness (QED) is 0.678. The van der Waals surface area contributed by atoms with Crippen LogP contribution in [0.1, 0.15) is 10.7 Å². The van der Waals surface area contributed by atoms with Crippen molar-refractivity contribution >= 4 is 34.1 Å². The van der Waals surface area contributed by atoms with Gasteiger partial charge in [0.15, 0.2) is 5.16 Å². The molecule has 0 saturated carbocycles. The third-order valence-electron chi connectivity index (χ3n) is 1.88. The molecule has 94 valence electrons. The van der Waals surface area contributed by atoms with Crippen molar-refractivity contribution in [2.24, 2.45) is 0 Å². The molecule has 0 aliphatic rings. The number of anilines is 1. The van der Waals surface area contributed by atoms with Gasteiger partial charge in [0.1, 0.15) is 5.01 Å². The molecule has 2 aromatic rings. The van der Waals surface area contributed by atoms with Gasteiger partial charge in [-0.15, -0.1) is 10.2 Å². The van der Waals surface area contributed by atoms with Crippen LogP contribution in [0, 0.1) is 13.8 Å². The van der Waals surface area contributed by atoms with Crippen molar-refractivity contribution in [2.75, 3.05) is 11.1 Å². The van der Waals surface area contributed by atoms with Crippen molar-refractivity contribution in [3.8, 4) is 0 Å². The second kappa shape index (κ2) is 5.87. The van der Waals surface area contributed by atoms with Crippen LogP contribution < -0.4 is 5.32 Å². The molecular weight excluding hydrogens is 270 g/mol. The third-order valence-corrected chi connectivity index (χ3v) is 3.49. The Hall–Kier alpha value is -1.54. The summed E-state index contributed by atoms with van der Waals surface area (Å²) in [5.41, 5.74) is 0.882. The van der Waals surface area contributed by atoms with E-state index in [0.717, 1.165) is 10.7 Å². The minimum Gasteiger partial charge on any atom is -0.300 e. The van der Waals surface area contributed by atoms with Crippen LogP contribution in [-0.2, 0) is 4.79 Å². The molecule has 0 aliphatic heterocycles. The number of aryl methyl sites for hydroxylation is 2. The highest BCUT2D eigenvalue weighted by molar-refractivity contribution is 7.99. The van der Waals surface area contributed by atoms with Gasteiger partial charge in [-0.05, 0) is 19.9 Å². The number of nitrogens with zero attached hydrogens (tertiary/aromatic N) is 4. The Morgan fingerprint density at radius 2 is 2.28 bits per heavy atom. The molecule has 2 aromatic heterocycles. The molecule has 18 heavy (non-hydrogen) atoms. The summed E-state index contributed by atoms with van der Waals surface area (Å²) in [7, 11) is 0. The van der Waals surface area contributed by atoms with Gasteiger partial charge in [-0.2, -0.15) is 0 Å². The van der Waals surface area contributed by atoms with Gasteiger partial charge in [-0.1, -0.05) is 23.1 Å². The molecule has 1 N–H and O–H groups in total. The first-order chi connectivity index (χ1) is 8.63. The molecule has 0 saturated heterocycles. The Bertz CT molecular complexity index is 557. The van der Waals surface area contributed by atoms with Gasteiger partial charge >= 0.3 is 0 Å². The lowest BCUT2D eigenvalue weighted by atomic mass is 10.5. The maximum atomic E-state index is 11.6. The van der Waals surface area contributed by atoms with E-state index in [2.05, 4.69) is 25.5 Å². The second-order valence-electron chi connectivity index (χ2n) is 3.44. The van der Waals surface area contributed by atoms with E-state index < -0.39 is 0 Å². The van der Waals surface area contributed by atoms with Crippen LogP contribution in [0.15, 0.2) is 17.4 Å². The molecule has 0 atom stereocenters. The van der Waals surface area contributed by atoms with Crippen LogP contribution in [0.4, 0.5) is 5.13 Å². The summed E-state index contributed by atoms with van der Waals surface area (Å²) in [5.74, 6) is 0.114. The zero-order valence-electron chi connectivity index (χ0n) is 9.88. The first-order valence-electron chi connectivity index (χ1n) is 5.16. The minimum atomic E-state index is -0.138. The molecule has 0 spiro atoms. The van der Waals surface area contributed by atoms with Crippen molar-refractivity contribution in [3.05, 3.63) is 23.0 Å². The van der Waals surface area contributed by atoms with Gasteiger partial charge in [-0.3, -0.25) is 10.1 Å². The number of amides is 1. The molecule has 0 bridgehead atoms. The van der Waals surface area contributed by atoms with E-state index in [9.17, 15) is 4.79 Å². The van der Waals surface area contributed by atoms with Gasteiger partial charge in [0.2, 0.25) is 11.0 Å². The van der Waals surface area contributed by atoms with Gasteiger partial charge in [0, 0.05) is 11.9 Å². The molecule has 2 rings (SSSR count). The first-order valence-corrected chi connectivity index (χ1v) is 6.96. The van der Waals surface area contributed by atoms with Gasteiger partial charge in [-0.25, -0.2) is 9.97 Å². The Kier molecular flexibility index (Phi) is 4.21. The highest BCUT2D eigenvalue weighted by Crippen LogP contribution is 2.16. The number of rotatable bonds is 4. The number of thioether (sulfide) groups is 1. The molecule has 8 heteroatoms. The summed E-state index contributed by atoms with van der Waals surface area (Å²) in [4.78, 5) is 19.9. The molecule has 0 unspecified atom stereocenters. The molecule has 0 aromatic carbocycles. The van der Waals surface area contributed by atoms with Crippen LogP contribution in [0.5, 0.6) is 0 Å². The molecule has 1 amide bonds. The molecular formula is C10H11N5OS2. The summed E-state index contributed by atoms with van der Waals surface area (Å²) in [6.45, 7) is 3.72. The monoisotopic (exact) mass is 281 g/mol. The highest BCUT2D eigenvalue weighted by atomic mass is 32.2. The molecule has 2 heterocycles. The van der Waals surface area contributed by atoms with Gasteiger partial charge in [0.05, 0.1) is 5.75 Å². The lowest BCUT2D eigenvalue weighted by Crippen LogP contribution is -2.14. The Morgan fingerprint density at radius 3 is 2.94 bits per heavy atom. The SMILES string of the molecule is Cc1ccnc(SCC(=O)Nc2nnc(C)s2)n1. The predicted octanol–water partition coefficient (Wildman–Crippen LogP) is 1.68. The number of carbonyl (C=O) groups is 1. The summed E-state index contributed by atoms with van der Waals surface area (Å²) in [5, 5.41) is 12.3. The summed E-state index contributed by atoms with van der Waals surface area (Å²) >= 11 is 2.64. The Morgan fingerprint density at radius 1 is 1.44 bits per heavy atom. The minimum absolute atomic E-state index is 0.138. The fourth-order valence-corrected chi connectivity index (χ4v) is 2.41. The molecule has 0 aliphatic carbocycles. The van der Waals surface area contributed by atoms with Crippen molar-refractivity contribution in [1.82, 2.24) is 20.2 Å². The normalized spacial score (nSPS) is 10.3. The number of hydrogen-bond acceptors (Lipinski definition) is 7. The van der Waals surface area contributed by atoms with Crippen LogP contribution >= 0.6 is 23.1 Å². The standard InChI is InChI=1S/C10H11N5OS2/c1-6-3-4-11-9(12-6)17-5-8(16)13-10-15-14-7(2)18-10/h3-4H,5H2,1-2H3,(H,13,15,16). The maximum absolute atomic E-state index is 11.6. The number of nitrogens with one attached hydrogen (secondary N) is 1. The smallest absolute Gasteiger partial charge is 0.236 e. The van der Waals surface area contributed by atoms with E-state index in [-0.39, 0.29) is 11.7 Å². The topological polar surface area (TPSA) is 80.7 Å². The van der Waals surface area contributed by atoms with Crippen LogP contribution in [0.2, 0.25) is 0 Å². The first kappa shape index (κ1) is 12.9. The summed E-state index contributed by atoms with van der Waals surface area (Å²) < 4.78 is 0. The fourth-order valence-electron chi connectivity index (χ4n) is 1.13. The van der Waals surface area contributed by atoms with Crippen molar-refractivity contribution in [1.29, 1.82) is 0 Å². The van der Waals surface area contributed by atoms with Crippen LogP contribution in [0.3, 0.4) is 0 Å².